The van der Waals surface area contributed by atoms with Gasteiger partial charge in [-0.1, -0.05) is 30.3 Å². The van der Waals surface area contributed by atoms with E-state index in [9.17, 15) is 4.79 Å². The highest BCUT2D eigenvalue weighted by Gasteiger charge is 2.27. The van der Waals surface area contributed by atoms with Gasteiger partial charge in [-0.15, -0.1) is 0 Å². The molecule has 1 fully saturated rings. The molecule has 106 valence electrons. The van der Waals surface area contributed by atoms with Crippen molar-refractivity contribution in [2.75, 3.05) is 32.7 Å². The zero-order valence-electron chi connectivity index (χ0n) is 11.5. The molecule has 1 aromatic rings. The van der Waals surface area contributed by atoms with Crippen LogP contribution in [-0.2, 0) is 4.79 Å². The Kier molecular flexibility index (Phi) is 4.08. The van der Waals surface area contributed by atoms with Crippen molar-refractivity contribution in [3.63, 3.8) is 0 Å². The normalized spacial score (nSPS) is 24.1. The standard InChI is InChI=1S/C15H20N4O/c20-14-10-13(11-19-8-6-16-7-9-19)15(18-17-14)12-4-2-1-3-5-12/h1-5,13,16H,6-11H2,(H,17,20). The maximum atomic E-state index is 11.6. The first kappa shape index (κ1) is 13.3. The second-order valence-electron chi connectivity index (χ2n) is 5.35. The van der Waals surface area contributed by atoms with Crippen LogP contribution in [0, 0.1) is 5.92 Å². The average Bonchev–Trinajstić information content (AvgIpc) is 2.49. The summed E-state index contributed by atoms with van der Waals surface area (Å²) in [5.41, 5.74) is 4.72. The SMILES string of the molecule is O=C1CC(CN2CCNCC2)C(c2ccccc2)=NN1. The van der Waals surface area contributed by atoms with Gasteiger partial charge in [-0.05, 0) is 5.56 Å². The van der Waals surface area contributed by atoms with Crippen LogP contribution in [0.1, 0.15) is 12.0 Å². The van der Waals surface area contributed by atoms with Crippen LogP contribution in [0.4, 0.5) is 0 Å². The summed E-state index contributed by atoms with van der Waals surface area (Å²) in [6.45, 7) is 5.04. The number of nitrogens with zero attached hydrogens (tertiary/aromatic N) is 2. The number of rotatable bonds is 3. The van der Waals surface area contributed by atoms with E-state index >= 15 is 0 Å². The Hall–Kier alpha value is -1.72. The minimum Gasteiger partial charge on any atom is -0.314 e. The van der Waals surface area contributed by atoms with E-state index in [0.29, 0.717) is 6.42 Å². The quantitative estimate of drug-likeness (QED) is 0.839. The molecule has 0 radical (unpaired) electrons. The molecular formula is C15H20N4O. The van der Waals surface area contributed by atoms with E-state index in [0.717, 1.165) is 44.0 Å². The van der Waals surface area contributed by atoms with Crippen LogP contribution >= 0.6 is 0 Å². The molecule has 20 heavy (non-hydrogen) atoms. The van der Waals surface area contributed by atoms with Gasteiger partial charge in [0, 0.05) is 45.1 Å². The molecular weight excluding hydrogens is 252 g/mol. The highest BCUT2D eigenvalue weighted by molar-refractivity contribution is 6.06. The van der Waals surface area contributed by atoms with Crippen molar-refractivity contribution in [1.82, 2.24) is 15.6 Å². The van der Waals surface area contributed by atoms with Gasteiger partial charge >= 0.3 is 0 Å². The van der Waals surface area contributed by atoms with Gasteiger partial charge < -0.3 is 10.2 Å². The maximum Gasteiger partial charge on any atom is 0.240 e. The number of carbonyl (C=O) groups excluding carboxylic acids is 1. The molecule has 2 aliphatic heterocycles. The fourth-order valence-electron chi connectivity index (χ4n) is 2.85. The summed E-state index contributed by atoms with van der Waals surface area (Å²) >= 11 is 0. The van der Waals surface area contributed by atoms with Gasteiger partial charge in [0.25, 0.3) is 0 Å². The van der Waals surface area contributed by atoms with Crippen LogP contribution in [0.3, 0.4) is 0 Å². The maximum absolute atomic E-state index is 11.6. The summed E-state index contributed by atoms with van der Waals surface area (Å²) in [5, 5.41) is 7.65. The number of hydrogen-bond donors (Lipinski definition) is 2. The van der Waals surface area contributed by atoms with Crippen LogP contribution in [-0.4, -0.2) is 49.2 Å². The molecule has 2 aliphatic rings. The van der Waals surface area contributed by atoms with Crippen LogP contribution in [0.2, 0.25) is 0 Å². The van der Waals surface area contributed by atoms with E-state index in [4.69, 9.17) is 0 Å². The predicted molar refractivity (Wildman–Crippen MR) is 78.5 cm³/mol. The summed E-state index contributed by atoms with van der Waals surface area (Å²) in [6.07, 6.45) is 0.525. The van der Waals surface area contributed by atoms with Crippen molar-refractivity contribution in [1.29, 1.82) is 0 Å². The molecule has 1 unspecified atom stereocenters. The number of nitrogens with one attached hydrogen (secondary N) is 2. The van der Waals surface area contributed by atoms with Gasteiger partial charge in [0.05, 0.1) is 5.71 Å². The van der Waals surface area contributed by atoms with Crippen molar-refractivity contribution in [3.8, 4) is 0 Å². The second-order valence-corrected chi connectivity index (χ2v) is 5.35. The molecule has 2 heterocycles. The number of amides is 1. The Morgan fingerprint density at radius 1 is 1.20 bits per heavy atom. The van der Waals surface area contributed by atoms with E-state index in [1.165, 1.54) is 0 Å². The Balaban J connectivity index is 1.77. The minimum absolute atomic E-state index is 0.0183. The number of piperazine rings is 1. The minimum atomic E-state index is 0.0183. The number of carbonyl (C=O) groups is 1. The topological polar surface area (TPSA) is 56.7 Å². The molecule has 1 saturated heterocycles. The van der Waals surface area contributed by atoms with Crippen molar-refractivity contribution >= 4 is 11.6 Å². The Labute approximate surface area is 119 Å². The van der Waals surface area contributed by atoms with E-state index in [-0.39, 0.29) is 11.8 Å². The first-order chi connectivity index (χ1) is 9.83. The Bertz CT molecular complexity index is 494. The van der Waals surface area contributed by atoms with Gasteiger partial charge in [0.2, 0.25) is 5.91 Å². The lowest BCUT2D eigenvalue weighted by atomic mass is 9.91. The van der Waals surface area contributed by atoms with Crippen LogP contribution in [0.15, 0.2) is 35.4 Å². The van der Waals surface area contributed by atoms with Crippen molar-refractivity contribution in [2.45, 2.75) is 6.42 Å². The monoisotopic (exact) mass is 272 g/mol. The zero-order valence-corrected chi connectivity index (χ0v) is 11.5. The number of hydrogen-bond acceptors (Lipinski definition) is 4. The van der Waals surface area contributed by atoms with E-state index in [1.807, 2.05) is 18.2 Å². The number of benzene rings is 1. The molecule has 3 rings (SSSR count). The fourth-order valence-corrected chi connectivity index (χ4v) is 2.85. The number of hydrazone groups is 1. The third-order valence-electron chi connectivity index (χ3n) is 3.88. The lowest BCUT2D eigenvalue weighted by molar-refractivity contribution is -0.122. The lowest BCUT2D eigenvalue weighted by Crippen LogP contribution is -2.48. The summed E-state index contributed by atoms with van der Waals surface area (Å²) in [4.78, 5) is 14.1. The van der Waals surface area contributed by atoms with Crippen molar-refractivity contribution in [2.24, 2.45) is 11.0 Å². The molecule has 5 heteroatoms. The summed E-state index contributed by atoms with van der Waals surface area (Å²) in [7, 11) is 0. The average molecular weight is 272 g/mol. The lowest BCUT2D eigenvalue weighted by Gasteiger charge is -2.32. The molecule has 0 aliphatic carbocycles. The molecule has 1 aromatic carbocycles. The third kappa shape index (κ3) is 3.05. The van der Waals surface area contributed by atoms with Crippen LogP contribution in [0.5, 0.6) is 0 Å². The summed E-state index contributed by atoms with van der Waals surface area (Å²) in [5.74, 6) is 0.203. The molecule has 1 amide bonds. The van der Waals surface area contributed by atoms with Gasteiger partial charge in [0.15, 0.2) is 0 Å². The summed E-state index contributed by atoms with van der Waals surface area (Å²) in [6, 6.07) is 10.1. The molecule has 5 nitrogen and oxygen atoms in total. The molecule has 2 N–H and O–H groups in total. The van der Waals surface area contributed by atoms with Crippen molar-refractivity contribution in [3.05, 3.63) is 35.9 Å². The Morgan fingerprint density at radius 3 is 2.70 bits per heavy atom. The molecule has 0 bridgehead atoms. The molecule has 0 spiro atoms. The summed E-state index contributed by atoms with van der Waals surface area (Å²) < 4.78 is 0. The predicted octanol–water partition coefficient (Wildman–Crippen LogP) is 0.432. The molecule has 0 aromatic heterocycles. The van der Waals surface area contributed by atoms with Gasteiger partial charge in [-0.3, -0.25) is 4.79 Å². The second kappa shape index (κ2) is 6.15. The van der Waals surface area contributed by atoms with Gasteiger partial charge in [-0.25, -0.2) is 5.43 Å². The van der Waals surface area contributed by atoms with E-state index in [1.54, 1.807) is 0 Å². The molecule has 0 saturated carbocycles. The first-order valence-electron chi connectivity index (χ1n) is 7.18. The highest BCUT2D eigenvalue weighted by atomic mass is 16.2. The zero-order chi connectivity index (χ0) is 13.8. The largest absolute Gasteiger partial charge is 0.314 e. The Morgan fingerprint density at radius 2 is 1.95 bits per heavy atom. The fraction of sp³-hybridized carbons (Fsp3) is 0.467. The first-order valence-corrected chi connectivity index (χ1v) is 7.18. The van der Waals surface area contributed by atoms with E-state index in [2.05, 4.69) is 32.9 Å². The molecule has 1 atom stereocenters. The van der Waals surface area contributed by atoms with Crippen molar-refractivity contribution < 1.29 is 4.79 Å². The third-order valence-corrected chi connectivity index (χ3v) is 3.88. The van der Waals surface area contributed by atoms with Crippen LogP contribution < -0.4 is 10.7 Å². The van der Waals surface area contributed by atoms with Gasteiger partial charge in [-0.2, -0.15) is 5.10 Å². The van der Waals surface area contributed by atoms with Crippen LogP contribution in [0.25, 0.3) is 0 Å². The smallest absolute Gasteiger partial charge is 0.240 e. The van der Waals surface area contributed by atoms with Gasteiger partial charge in [0.1, 0.15) is 0 Å². The highest BCUT2D eigenvalue weighted by Crippen LogP contribution is 2.18. The van der Waals surface area contributed by atoms with E-state index < -0.39 is 0 Å².